The molecular formula is C17H10Cl2N2O3. The van der Waals surface area contributed by atoms with Crippen LogP contribution in [-0.4, -0.2) is 26.9 Å². The summed E-state index contributed by atoms with van der Waals surface area (Å²) in [6, 6.07) is 13.5. The molecule has 1 heterocycles. The summed E-state index contributed by atoms with van der Waals surface area (Å²) in [6.45, 7) is 0. The highest BCUT2D eigenvalue weighted by atomic mass is 35.5. The Morgan fingerprint density at radius 1 is 1.08 bits per heavy atom. The topological polar surface area (TPSA) is 72.2 Å². The van der Waals surface area contributed by atoms with E-state index in [1.165, 1.54) is 4.57 Å². The minimum Gasteiger partial charge on any atom is -0.476 e. The maximum Gasteiger partial charge on any atom is 0.356 e. The van der Waals surface area contributed by atoms with E-state index in [-0.39, 0.29) is 17.2 Å². The van der Waals surface area contributed by atoms with Crippen LogP contribution < -0.4 is 0 Å². The van der Waals surface area contributed by atoms with Gasteiger partial charge in [-0.1, -0.05) is 35.3 Å². The minimum atomic E-state index is -1.29. The second-order valence-corrected chi connectivity index (χ2v) is 5.73. The predicted molar refractivity (Wildman–Crippen MR) is 91.4 cm³/mol. The maximum absolute atomic E-state index is 11.5. The molecule has 1 N–H and O–H groups in total. The molecule has 5 nitrogen and oxygen atoms in total. The molecular weight excluding hydrogens is 351 g/mol. The summed E-state index contributed by atoms with van der Waals surface area (Å²) in [7, 11) is 0. The molecule has 0 saturated heterocycles. The second-order valence-electron chi connectivity index (χ2n) is 4.88. The van der Waals surface area contributed by atoms with Gasteiger partial charge in [0.05, 0.1) is 5.02 Å². The van der Waals surface area contributed by atoms with Gasteiger partial charge in [0.1, 0.15) is 11.5 Å². The summed E-state index contributed by atoms with van der Waals surface area (Å²) in [5.41, 5.74) is 0.663. The van der Waals surface area contributed by atoms with Gasteiger partial charge >= 0.3 is 5.97 Å². The highest BCUT2D eigenvalue weighted by Gasteiger charge is 2.24. The number of aromatic carboxylic acids is 1. The van der Waals surface area contributed by atoms with Crippen molar-refractivity contribution in [3.8, 4) is 17.1 Å². The SMILES string of the molecule is O=Cc1c(C(=O)O)nc(-c2ccccc2Cl)n1-c1ccc(Cl)cc1. The van der Waals surface area contributed by atoms with Crippen molar-refractivity contribution in [1.82, 2.24) is 9.55 Å². The van der Waals surface area contributed by atoms with Gasteiger partial charge in [0.25, 0.3) is 0 Å². The van der Waals surface area contributed by atoms with E-state index < -0.39 is 5.97 Å². The Labute approximate surface area is 147 Å². The zero-order valence-corrected chi connectivity index (χ0v) is 13.6. The summed E-state index contributed by atoms with van der Waals surface area (Å²) in [6.07, 6.45) is 0.464. The molecule has 0 spiro atoms. The number of rotatable bonds is 4. The molecule has 0 fully saturated rings. The van der Waals surface area contributed by atoms with Crippen LogP contribution in [0.2, 0.25) is 10.0 Å². The summed E-state index contributed by atoms with van der Waals surface area (Å²) < 4.78 is 1.45. The van der Waals surface area contributed by atoms with Gasteiger partial charge in [0.15, 0.2) is 12.0 Å². The standard InChI is InChI=1S/C17H10Cl2N2O3/c18-10-5-7-11(8-6-10)21-14(9-22)15(17(23)24)20-16(21)12-3-1-2-4-13(12)19/h1-9H,(H,23,24). The van der Waals surface area contributed by atoms with Crippen LogP contribution in [0.15, 0.2) is 48.5 Å². The van der Waals surface area contributed by atoms with E-state index in [2.05, 4.69) is 4.98 Å². The summed E-state index contributed by atoms with van der Waals surface area (Å²) in [4.78, 5) is 27.1. The van der Waals surface area contributed by atoms with Crippen LogP contribution in [0.3, 0.4) is 0 Å². The van der Waals surface area contributed by atoms with Crippen molar-refractivity contribution in [2.24, 2.45) is 0 Å². The molecule has 24 heavy (non-hydrogen) atoms. The molecule has 0 aliphatic heterocycles. The smallest absolute Gasteiger partial charge is 0.356 e. The van der Waals surface area contributed by atoms with E-state index >= 15 is 0 Å². The van der Waals surface area contributed by atoms with Crippen LogP contribution in [0, 0.1) is 0 Å². The third-order valence-corrected chi connectivity index (χ3v) is 4.01. The molecule has 3 aromatic rings. The largest absolute Gasteiger partial charge is 0.476 e. The first kappa shape index (κ1) is 16.2. The number of halogens is 2. The molecule has 0 aliphatic carbocycles. The fourth-order valence-electron chi connectivity index (χ4n) is 2.37. The first-order chi connectivity index (χ1) is 11.5. The van der Waals surface area contributed by atoms with Crippen LogP contribution in [0.5, 0.6) is 0 Å². The zero-order valence-electron chi connectivity index (χ0n) is 12.1. The van der Waals surface area contributed by atoms with E-state index in [0.717, 1.165) is 0 Å². The van der Waals surface area contributed by atoms with E-state index in [1.54, 1.807) is 48.5 Å². The third kappa shape index (κ3) is 2.79. The summed E-state index contributed by atoms with van der Waals surface area (Å²) >= 11 is 12.1. The van der Waals surface area contributed by atoms with Gasteiger partial charge in [-0.15, -0.1) is 0 Å². The van der Waals surface area contributed by atoms with Crippen molar-refractivity contribution in [3.05, 3.63) is 70.0 Å². The van der Waals surface area contributed by atoms with Gasteiger partial charge in [0, 0.05) is 16.3 Å². The number of hydrogen-bond donors (Lipinski definition) is 1. The fraction of sp³-hybridized carbons (Fsp3) is 0. The Kier molecular flexibility index (Phi) is 4.38. The van der Waals surface area contributed by atoms with Crippen molar-refractivity contribution in [3.63, 3.8) is 0 Å². The number of carbonyl (C=O) groups is 2. The van der Waals surface area contributed by atoms with E-state index in [0.29, 0.717) is 27.6 Å². The van der Waals surface area contributed by atoms with Crippen LogP contribution in [0.25, 0.3) is 17.1 Å². The molecule has 0 unspecified atom stereocenters. The number of carboxylic acid groups (broad SMARTS) is 1. The number of aldehydes is 1. The lowest BCUT2D eigenvalue weighted by Gasteiger charge is -2.11. The van der Waals surface area contributed by atoms with E-state index in [4.69, 9.17) is 23.2 Å². The van der Waals surface area contributed by atoms with Crippen molar-refractivity contribution < 1.29 is 14.7 Å². The van der Waals surface area contributed by atoms with Gasteiger partial charge in [-0.3, -0.25) is 9.36 Å². The number of benzene rings is 2. The maximum atomic E-state index is 11.5. The highest BCUT2D eigenvalue weighted by Crippen LogP contribution is 2.31. The number of carbonyl (C=O) groups excluding carboxylic acids is 1. The molecule has 0 aliphatic rings. The number of imidazole rings is 1. The lowest BCUT2D eigenvalue weighted by Crippen LogP contribution is -2.05. The Morgan fingerprint density at radius 2 is 1.75 bits per heavy atom. The average Bonchev–Trinajstić information content (AvgIpc) is 2.95. The summed E-state index contributed by atoms with van der Waals surface area (Å²) in [5, 5.41) is 10.3. The molecule has 7 heteroatoms. The molecule has 0 atom stereocenters. The van der Waals surface area contributed by atoms with Gasteiger partial charge in [-0.2, -0.15) is 0 Å². The lowest BCUT2D eigenvalue weighted by atomic mass is 10.2. The summed E-state index contributed by atoms with van der Waals surface area (Å²) in [5.74, 6) is -1.03. The van der Waals surface area contributed by atoms with Gasteiger partial charge in [-0.25, -0.2) is 9.78 Å². The van der Waals surface area contributed by atoms with Crippen molar-refractivity contribution >= 4 is 35.5 Å². The molecule has 1 aromatic heterocycles. The van der Waals surface area contributed by atoms with Crippen LogP contribution in [0.1, 0.15) is 21.0 Å². The molecule has 0 radical (unpaired) electrons. The van der Waals surface area contributed by atoms with Crippen molar-refractivity contribution in [1.29, 1.82) is 0 Å². The quantitative estimate of drug-likeness (QED) is 0.701. The molecule has 0 amide bonds. The highest BCUT2D eigenvalue weighted by molar-refractivity contribution is 6.33. The van der Waals surface area contributed by atoms with E-state index in [1.807, 2.05) is 0 Å². The van der Waals surface area contributed by atoms with Crippen molar-refractivity contribution in [2.45, 2.75) is 0 Å². The Bertz CT molecular complexity index is 934. The number of hydrogen-bond acceptors (Lipinski definition) is 3. The lowest BCUT2D eigenvalue weighted by molar-refractivity contribution is 0.0688. The van der Waals surface area contributed by atoms with Crippen LogP contribution in [-0.2, 0) is 0 Å². The van der Waals surface area contributed by atoms with Crippen molar-refractivity contribution in [2.75, 3.05) is 0 Å². The molecule has 0 saturated carbocycles. The number of carboxylic acids is 1. The molecule has 0 bridgehead atoms. The molecule has 2 aromatic carbocycles. The second kappa shape index (κ2) is 6.47. The van der Waals surface area contributed by atoms with Crippen LogP contribution >= 0.6 is 23.2 Å². The Morgan fingerprint density at radius 3 is 2.33 bits per heavy atom. The van der Waals surface area contributed by atoms with Gasteiger partial charge in [0.2, 0.25) is 0 Å². The Balaban J connectivity index is 2.36. The number of nitrogens with zero attached hydrogens (tertiary/aromatic N) is 2. The third-order valence-electron chi connectivity index (χ3n) is 3.43. The normalized spacial score (nSPS) is 10.6. The predicted octanol–water partition coefficient (Wildman–Crippen LogP) is 4.36. The number of aromatic nitrogens is 2. The zero-order chi connectivity index (χ0) is 17.3. The monoisotopic (exact) mass is 360 g/mol. The minimum absolute atomic E-state index is 0.0697. The average molecular weight is 361 g/mol. The molecule has 120 valence electrons. The first-order valence-corrected chi connectivity index (χ1v) is 7.60. The Hall–Kier alpha value is -2.63. The van der Waals surface area contributed by atoms with Gasteiger partial charge in [-0.05, 0) is 36.4 Å². The van der Waals surface area contributed by atoms with Crippen LogP contribution in [0.4, 0.5) is 0 Å². The van der Waals surface area contributed by atoms with Gasteiger partial charge < -0.3 is 5.11 Å². The van der Waals surface area contributed by atoms with E-state index in [9.17, 15) is 14.7 Å². The molecule has 3 rings (SSSR count). The first-order valence-electron chi connectivity index (χ1n) is 6.85. The fourth-order valence-corrected chi connectivity index (χ4v) is 2.72.